The minimum absolute atomic E-state index is 0.316. The fourth-order valence-electron chi connectivity index (χ4n) is 2.56. The first-order valence-corrected chi connectivity index (χ1v) is 7.70. The topological polar surface area (TPSA) is 12.0 Å². The molecule has 98 valence electrons. The second-order valence-electron chi connectivity index (χ2n) is 4.77. The van der Waals surface area contributed by atoms with E-state index < -0.39 is 0 Å². The van der Waals surface area contributed by atoms with Crippen LogP contribution in [0.15, 0.2) is 34.3 Å². The smallest absolute Gasteiger partial charge is 0.0548 e. The lowest BCUT2D eigenvalue weighted by Gasteiger charge is -2.20. The number of hydrogen-bond donors (Lipinski definition) is 1. The van der Waals surface area contributed by atoms with Gasteiger partial charge in [-0.3, -0.25) is 0 Å². The van der Waals surface area contributed by atoms with Gasteiger partial charge in [0.05, 0.1) is 11.1 Å². The lowest BCUT2D eigenvalue weighted by atomic mass is 9.95. The summed E-state index contributed by atoms with van der Waals surface area (Å²) in [4.78, 5) is 0. The molecular formula is C15H19BrClN. The molecule has 0 radical (unpaired) electrons. The van der Waals surface area contributed by atoms with E-state index in [2.05, 4.69) is 39.5 Å². The minimum atomic E-state index is 0.316. The molecule has 1 atom stereocenters. The maximum atomic E-state index is 6.06. The van der Waals surface area contributed by atoms with Crippen LogP contribution in [0.3, 0.4) is 0 Å². The average molecular weight is 329 g/mol. The summed E-state index contributed by atoms with van der Waals surface area (Å²) in [6.07, 6.45) is 8.80. The van der Waals surface area contributed by atoms with Crippen LogP contribution in [0.2, 0.25) is 5.02 Å². The van der Waals surface area contributed by atoms with Crippen LogP contribution in [0.5, 0.6) is 0 Å². The van der Waals surface area contributed by atoms with Gasteiger partial charge in [-0.15, -0.1) is 0 Å². The van der Waals surface area contributed by atoms with E-state index in [0.717, 1.165) is 9.50 Å². The molecule has 0 fully saturated rings. The summed E-state index contributed by atoms with van der Waals surface area (Å²) >= 11 is 9.56. The van der Waals surface area contributed by atoms with Crippen molar-refractivity contribution in [2.75, 3.05) is 7.05 Å². The predicted molar refractivity (Wildman–Crippen MR) is 82.1 cm³/mol. The SMILES string of the molecule is CNC(C1=CCCCCC1)c1ccc(Cl)c(Br)c1. The Balaban J connectivity index is 2.26. The predicted octanol–water partition coefficient (Wildman–Crippen LogP) is 5.25. The quantitative estimate of drug-likeness (QED) is 0.747. The number of benzene rings is 1. The van der Waals surface area contributed by atoms with Crippen molar-refractivity contribution in [2.24, 2.45) is 0 Å². The molecule has 0 saturated heterocycles. The van der Waals surface area contributed by atoms with Gasteiger partial charge in [0.2, 0.25) is 0 Å². The first-order valence-electron chi connectivity index (χ1n) is 6.53. The van der Waals surface area contributed by atoms with Gasteiger partial charge in [-0.25, -0.2) is 0 Å². The number of rotatable bonds is 3. The van der Waals surface area contributed by atoms with Crippen molar-refractivity contribution in [3.05, 3.63) is 44.9 Å². The molecule has 0 spiro atoms. The molecule has 1 aliphatic rings. The third kappa shape index (κ3) is 3.37. The molecule has 1 aromatic rings. The van der Waals surface area contributed by atoms with E-state index in [0.29, 0.717) is 6.04 Å². The standard InChI is InChI=1S/C15H19BrClN/c1-18-15(11-6-4-2-3-5-7-11)12-8-9-14(17)13(16)10-12/h6,8-10,15,18H,2-5,7H2,1H3. The number of halogens is 2. The molecule has 0 bridgehead atoms. The Bertz CT molecular complexity index is 442. The zero-order valence-electron chi connectivity index (χ0n) is 10.7. The molecule has 2 rings (SSSR count). The van der Waals surface area contributed by atoms with Gasteiger partial charge >= 0.3 is 0 Å². The molecule has 18 heavy (non-hydrogen) atoms. The minimum Gasteiger partial charge on any atom is -0.310 e. The molecule has 0 amide bonds. The molecular weight excluding hydrogens is 310 g/mol. The summed E-state index contributed by atoms with van der Waals surface area (Å²) in [6, 6.07) is 6.51. The number of hydrogen-bond acceptors (Lipinski definition) is 1. The lowest BCUT2D eigenvalue weighted by molar-refractivity contribution is 0.628. The van der Waals surface area contributed by atoms with Crippen LogP contribution in [0, 0.1) is 0 Å². The zero-order valence-corrected chi connectivity index (χ0v) is 13.0. The van der Waals surface area contributed by atoms with Gasteiger partial charge < -0.3 is 5.32 Å². The number of allylic oxidation sites excluding steroid dienone is 1. The molecule has 0 saturated carbocycles. The Hall–Kier alpha value is -0.310. The molecule has 0 aliphatic heterocycles. The summed E-state index contributed by atoms with van der Waals surface area (Å²) in [5.41, 5.74) is 2.80. The van der Waals surface area contributed by atoms with Crippen molar-refractivity contribution in [2.45, 2.75) is 38.1 Å². The zero-order chi connectivity index (χ0) is 13.0. The van der Waals surface area contributed by atoms with Gasteiger partial charge in [0.1, 0.15) is 0 Å². The van der Waals surface area contributed by atoms with E-state index in [1.165, 1.54) is 43.2 Å². The highest BCUT2D eigenvalue weighted by Crippen LogP contribution is 2.32. The first kappa shape index (κ1) is 14.1. The second-order valence-corrected chi connectivity index (χ2v) is 6.04. The lowest BCUT2D eigenvalue weighted by Crippen LogP contribution is -2.18. The Morgan fingerprint density at radius 3 is 2.83 bits per heavy atom. The van der Waals surface area contributed by atoms with Crippen LogP contribution < -0.4 is 5.32 Å². The summed E-state index contributed by atoms with van der Waals surface area (Å²) in [5, 5.41) is 4.20. The van der Waals surface area contributed by atoms with E-state index >= 15 is 0 Å². The summed E-state index contributed by atoms with van der Waals surface area (Å²) in [7, 11) is 2.03. The fourth-order valence-corrected chi connectivity index (χ4v) is 3.07. The summed E-state index contributed by atoms with van der Waals surface area (Å²) in [5.74, 6) is 0. The maximum Gasteiger partial charge on any atom is 0.0548 e. The molecule has 1 N–H and O–H groups in total. The molecule has 0 aromatic heterocycles. The summed E-state index contributed by atoms with van der Waals surface area (Å²) in [6.45, 7) is 0. The van der Waals surface area contributed by atoms with E-state index in [9.17, 15) is 0 Å². The van der Waals surface area contributed by atoms with Crippen molar-refractivity contribution < 1.29 is 0 Å². The fraction of sp³-hybridized carbons (Fsp3) is 0.467. The first-order chi connectivity index (χ1) is 8.72. The van der Waals surface area contributed by atoms with Crippen LogP contribution in [0.25, 0.3) is 0 Å². The van der Waals surface area contributed by atoms with Crippen molar-refractivity contribution in [1.82, 2.24) is 5.32 Å². The number of likely N-dealkylation sites (N-methyl/N-ethyl adjacent to an activating group) is 1. The highest BCUT2D eigenvalue weighted by molar-refractivity contribution is 9.10. The highest BCUT2D eigenvalue weighted by atomic mass is 79.9. The molecule has 1 aliphatic carbocycles. The van der Waals surface area contributed by atoms with Crippen LogP contribution >= 0.6 is 27.5 Å². The second kappa shape index (κ2) is 6.74. The Morgan fingerprint density at radius 1 is 1.28 bits per heavy atom. The molecule has 0 heterocycles. The maximum absolute atomic E-state index is 6.06. The van der Waals surface area contributed by atoms with Crippen LogP contribution in [-0.2, 0) is 0 Å². The Kier molecular flexibility index (Phi) is 5.28. The van der Waals surface area contributed by atoms with Crippen LogP contribution in [0.4, 0.5) is 0 Å². The van der Waals surface area contributed by atoms with Gasteiger partial charge in [0.15, 0.2) is 0 Å². The third-order valence-electron chi connectivity index (χ3n) is 3.51. The monoisotopic (exact) mass is 327 g/mol. The van der Waals surface area contributed by atoms with Crippen molar-refractivity contribution in [3.63, 3.8) is 0 Å². The summed E-state index contributed by atoms with van der Waals surface area (Å²) < 4.78 is 0.969. The Morgan fingerprint density at radius 2 is 2.11 bits per heavy atom. The van der Waals surface area contributed by atoms with Crippen LogP contribution in [0.1, 0.15) is 43.7 Å². The molecule has 1 unspecified atom stereocenters. The van der Waals surface area contributed by atoms with Crippen molar-refractivity contribution in [1.29, 1.82) is 0 Å². The van der Waals surface area contributed by atoms with Gasteiger partial charge in [-0.05, 0) is 66.4 Å². The van der Waals surface area contributed by atoms with Crippen molar-refractivity contribution in [3.8, 4) is 0 Å². The van der Waals surface area contributed by atoms with Gasteiger partial charge in [-0.2, -0.15) is 0 Å². The van der Waals surface area contributed by atoms with Gasteiger partial charge in [-0.1, -0.05) is 35.7 Å². The van der Waals surface area contributed by atoms with E-state index in [-0.39, 0.29) is 0 Å². The number of nitrogens with one attached hydrogen (secondary N) is 1. The third-order valence-corrected chi connectivity index (χ3v) is 4.73. The van der Waals surface area contributed by atoms with Crippen molar-refractivity contribution >= 4 is 27.5 Å². The Labute approximate surface area is 123 Å². The van der Waals surface area contributed by atoms with Gasteiger partial charge in [0, 0.05) is 4.47 Å². The van der Waals surface area contributed by atoms with E-state index in [1.54, 1.807) is 0 Å². The van der Waals surface area contributed by atoms with Gasteiger partial charge in [0.25, 0.3) is 0 Å². The van der Waals surface area contributed by atoms with Crippen LogP contribution in [-0.4, -0.2) is 7.05 Å². The highest BCUT2D eigenvalue weighted by Gasteiger charge is 2.16. The molecule has 1 nitrogen and oxygen atoms in total. The molecule has 1 aromatic carbocycles. The normalized spacial score (nSPS) is 18.1. The van der Waals surface area contributed by atoms with E-state index in [4.69, 9.17) is 11.6 Å². The largest absolute Gasteiger partial charge is 0.310 e. The van der Waals surface area contributed by atoms with E-state index in [1.807, 2.05) is 13.1 Å². The molecule has 3 heteroatoms. The average Bonchev–Trinajstić information content (AvgIpc) is 2.64.